The van der Waals surface area contributed by atoms with Crippen LogP contribution in [0, 0.1) is 10.1 Å². The number of nitro groups is 1. The highest BCUT2D eigenvalue weighted by molar-refractivity contribution is 8.19. The maximum atomic E-state index is 12.1. The molecule has 1 fully saturated rings. The maximum absolute atomic E-state index is 12.1. The van der Waals surface area contributed by atoms with Crippen molar-refractivity contribution in [2.24, 2.45) is 0 Å². The fourth-order valence-electron chi connectivity index (χ4n) is 2.44. The van der Waals surface area contributed by atoms with Gasteiger partial charge < -0.3 is 10.1 Å². The first-order valence-electron chi connectivity index (χ1n) is 8.07. The lowest BCUT2D eigenvalue weighted by Crippen LogP contribution is -2.21. The van der Waals surface area contributed by atoms with Gasteiger partial charge in [-0.05, 0) is 23.8 Å². The monoisotopic (exact) mass is 404 g/mol. The third-order valence-corrected chi connectivity index (χ3v) is 6.82. The lowest BCUT2D eigenvalue weighted by atomic mass is 10.1. The lowest BCUT2D eigenvalue weighted by Gasteiger charge is -2.09. The number of non-ortho nitro benzene ring substituents is 1. The molecule has 1 aliphatic rings. The molecule has 2 aromatic rings. The van der Waals surface area contributed by atoms with Crippen LogP contribution in [0.3, 0.4) is 0 Å². The number of carbonyl (C=O) groups excluding carboxylic acids is 2. The Morgan fingerprint density at radius 1 is 1.15 bits per heavy atom. The van der Waals surface area contributed by atoms with Gasteiger partial charge in [-0.3, -0.25) is 14.9 Å². The smallest absolute Gasteiger partial charge is 0.338 e. The summed E-state index contributed by atoms with van der Waals surface area (Å²) in [5.41, 5.74) is 1.65. The van der Waals surface area contributed by atoms with Gasteiger partial charge in [0.1, 0.15) is 0 Å². The molecule has 0 spiro atoms. The van der Waals surface area contributed by atoms with Gasteiger partial charge in [0, 0.05) is 29.3 Å². The van der Waals surface area contributed by atoms with Crippen molar-refractivity contribution in [2.75, 3.05) is 23.4 Å². The number of nitrogens with zero attached hydrogens (tertiary/aromatic N) is 1. The third-order valence-electron chi connectivity index (χ3n) is 3.72. The Balaban J connectivity index is 1.51. The maximum Gasteiger partial charge on any atom is 0.338 e. The van der Waals surface area contributed by atoms with E-state index in [2.05, 4.69) is 5.32 Å². The normalized spacial score (nSPS) is 13.9. The summed E-state index contributed by atoms with van der Waals surface area (Å²) in [6, 6.07) is 12.7. The second kappa shape index (κ2) is 8.92. The van der Waals surface area contributed by atoms with E-state index in [1.807, 2.05) is 35.7 Å². The summed E-state index contributed by atoms with van der Waals surface area (Å²) in [6.45, 7) is -0.475. The number of thioether (sulfide) groups is 2. The van der Waals surface area contributed by atoms with E-state index in [0.717, 1.165) is 17.1 Å². The average molecular weight is 404 g/mol. The summed E-state index contributed by atoms with van der Waals surface area (Å²) >= 11 is 3.76. The quantitative estimate of drug-likeness (QED) is 0.443. The standard InChI is InChI=1S/C18H16N2O5S2/c21-16(19-14-2-1-3-15(10-14)20(23)24)11-25-17(22)12-4-6-13(7-5-12)18-26-8-9-27-18/h1-7,10,18H,8-9,11H2,(H,19,21). The Kier molecular flexibility index (Phi) is 6.36. The number of ether oxygens (including phenoxy) is 1. The molecule has 2 aromatic carbocycles. The summed E-state index contributed by atoms with van der Waals surface area (Å²) < 4.78 is 5.41. The summed E-state index contributed by atoms with van der Waals surface area (Å²) in [4.78, 5) is 34.2. The molecule has 1 amide bonds. The summed E-state index contributed by atoms with van der Waals surface area (Å²) in [5, 5.41) is 13.2. The van der Waals surface area contributed by atoms with Crippen LogP contribution in [0.4, 0.5) is 11.4 Å². The Labute approximate surface area is 164 Å². The fraction of sp³-hybridized carbons (Fsp3) is 0.222. The Bertz CT molecular complexity index is 851. The highest BCUT2D eigenvalue weighted by Gasteiger charge is 2.19. The van der Waals surface area contributed by atoms with E-state index >= 15 is 0 Å². The number of rotatable bonds is 6. The SMILES string of the molecule is O=C(COC(=O)c1ccc(C2SCCS2)cc1)Nc1cccc([N+](=O)[O-])c1. The molecule has 1 heterocycles. The van der Waals surface area contributed by atoms with Crippen LogP contribution in [0.15, 0.2) is 48.5 Å². The number of nitrogens with one attached hydrogen (secondary N) is 1. The summed E-state index contributed by atoms with van der Waals surface area (Å²) in [5.74, 6) is 1.08. The minimum Gasteiger partial charge on any atom is -0.452 e. The van der Waals surface area contributed by atoms with Gasteiger partial charge in [0.15, 0.2) is 6.61 Å². The van der Waals surface area contributed by atoms with Crippen molar-refractivity contribution in [3.63, 3.8) is 0 Å². The van der Waals surface area contributed by atoms with Gasteiger partial charge in [0.25, 0.3) is 11.6 Å². The topological polar surface area (TPSA) is 98.5 Å². The molecule has 0 saturated carbocycles. The molecule has 3 rings (SSSR count). The van der Waals surface area contributed by atoms with Gasteiger partial charge in [-0.2, -0.15) is 0 Å². The van der Waals surface area contributed by atoms with Gasteiger partial charge in [-0.1, -0.05) is 18.2 Å². The van der Waals surface area contributed by atoms with Crippen LogP contribution < -0.4 is 5.32 Å². The summed E-state index contributed by atoms with van der Waals surface area (Å²) in [7, 11) is 0. The molecule has 1 aliphatic heterocycles. The molecular formula is C18H16N2O5S2. The van der Waals surface area contributed by atoms with Crippen molar-refractivity contribution in [1.29, 1.82) is 0 Å². The van der Waals surface area contributed by atoms with Gasteiger partial charge in [0.2, 0.25) is 0 Å². The summed E-state index contributed by atoms with van der Waals surface area (Å²) in [6.07, 6.45) is 0. The van der Waals surface area contributed by atoms with E-state index in [0.29, 0.717) is 10.1 Å². The van der Waals surface area contributed by atoms with Gasteiger partial charge >= 0.3 is 5.97 Å². The van der Waals surface area contributed by atoms with E-state index in [9.17, 15) is 19.7 Å². The first kappa shape index (κ1) is 19.2. The van der Waals surface area contributed by atoms with Gasteiger partial charge in [-0.25, -0.2) is 4.79 Å². The minimum absolute atomic E-state index is 0.136. The Hall–Kier alpha value is -2.52. The van der Waals surface area contributed by atoms with Gasteiger partial charge in [0.05, 0.1) is 15.1 Å². The van der Waals surface area contributed by atoms with E-state index in [1.54, 1.807) is 12.1 Å². The fourth-order valence-corrected chi connectivity index (χ4v) is 5.30. The molecule has 1 saturated heterocycles. The minimum atomic E-state index is -0.595. The highest BCUT2D eigenvalue weighted by Crippen LogP contribution is 2.45. The first-order valence-corrected chi connectivity index (χ1v) is 10.2. The molecule has 0 unspecified atom stereocenters. The number of esters is 1. The predicted octanol–water partition coefficient (Wildman–Crippen LogP) is 3.87. The Morgan fingerprint density at radius 2 is 1.85 bits per heavy atom. The van der Waals surface area contributed by atoms with Crippen molar-refractivity contribution >= 4 is 46.8 Å². The molecule has 0 radical (unpaired) electrons. The van der Waals surface area contributed by atoms with Crippen molar-refractivity contribution < 1.29 is 19.2 Å². The van der Waals surface area contributed by atoms with E-state index in [-0.39, 0.29) is 11.4 Å². The Morgan fingerprint density at radius 3 is 2.52 bits per heavy atom. The molecule has 7 nitrogen and oxygen atoms in total. The molecule has 27 heavy (non-hydrogen) atoms. The zero-order valence-electron chi connectivity index (χ0n) is 14.1. The van der Waals surface area contributed by atoms with Crippen LogP contribution in [0.25, 0.3) is 0 Å². The number of hydrogen-bond donors (Lipinski definition) is 1. The predicted molar refractivity (Wildman–Crippen MR) is 106 cm³/mol. The average Bonchev–Trinajstić information content (AvgIpc) is 3.21. The molecule has 1 N–H and O–H groups in total. The molecule has 0 atom stereocenters. The van der Waals surface area contributed by atoms with Crippen molar-refractivity contribution in [1.82, 2.24) is 0 Å². The number of nitro benzene ring substituents is 1. The second-order valence-electron chi connectivity index (χ2n) is 5.63. The van der Waals surface area contributed by atoms with Crippen LogP contribution in [-0.2, 0) is 9.53 Å². The number of benzene rings is 2. The zero-order chi connectivity index (χ0) is 19.2. The number of amides is 1. The lowest BCUT2D eigenvalue weighted by molar-refractivity contribution is -0.384. The first-order chi connectivity index (χ1) is 13.0. The molecule has 9 heteroatoms. The van der Waals surface area contributed by atoms with Crippen LogP contribution in [0.5, 0.6) is 0 Å². The van der Waals surface area contributed by atoms with Gasteiger partial charge in [-0.15, -0.1) is 23.5 Å². The molecular weight excluding hydrogens is 388 g/mol. The molecule has 0 aliphatic carbocycles. The van der Waals surface area contributed by atoms with E-state index in [1.165, 1.54) is 24.3 Å². The largest absolute Gasteiger partial charge is 0.452 e. The number of carbonyl (C=O) groups is 2. The van der Waals surface area contributed by atoms with Crippen molar-refractivity contribution in [3.8, 4) is 0 Å². The van der Waals surface area contributed by atoms with Crippen LogP contribution >= 0.6 is 23.5 Å². The van der Waals surface area contributed by atoms with Crippen LogP contribution in [0.2, 0.25) is 0 Å². The number of hydrogen-bond acceptors (Lipinski definition) is 7. The van der Waals surface area contributed by atoms with Crippen molar-refractivity contribution in [2.45, 2.75) is 4.58 Å². The van der Waals surface area contributed by atoms with Crippen molar-refractivity contribution in [3.05, 3.63) is 69.8 Å². The molecule has 0 bridgehead atoms. The third kappa shape index (κ3) is 5.24. The molecule has 140 valence electrons. The zero-order valence-corrected chi connectivity index (χ0v) is 15.8. The van der Waals surface area contributed by atoms with E-state index < -0.39 is 23.4 Å². The second-order valence-corrected chi connectivity index (χ2v) is 8.35. The van der Waals surface area contributed by atoms with Crippen LogP contribution in [-0.4, -0.2) is 34.9 Å². The van der Waals surface area contributed by atoms with E-state index in [4.69, 9.17) is 4.74 Å². The highest BCUT2D eigenvalue weighted by atomic mass is 32.2. The number of anilines is 1. The van der Waals surface area contributed by atoms with Crippen LogP contribution in [0.1, 0.15) is 20.5 Å². The molecule has 0 aromatic heterocycles.